The molecule has 0 radical (unpaired) electrons. The lowest BCUT2D eigenvalue weighted by Crippen LogP contribution is -2.32. The molecule has 7 nitrogen and oxygen atoms in total. The van der Waals surface area contributed by atoms with Crippen molar-refractivity contribution in [2.75, 3.05) is 13.2 Å². The highest BCUT2D eigenvalue weighted by molar-refractivity contribution is 7.87. The predicted octanol–water partition coefficient (Wildman–Crippen LogP) is 1.92. The number of rotatable bonds is 5. The van der Waals surface area contributed by atoms with Gasteiger partial charge >= 0.3 is 16.1 Å². The van der Waals surface area contributed by atoms with E-state index in [1.807, 2.05) is 0 Å². The second-order valence-corrected chi connectivity index (χ2v) is 7.13. The number of esters is 1. The predicted molar refractivity (Wildman–Crippen MR) is 92.7 cm³/mol. The molecule has 0 atom stereocenters. The van der Waals surface area contributed by atoms with Gasteiger partial charge in [-0.15, -0.1) is 0 Å². The quantitative estimate of drug-likeness (QED) is 0.633. The number of benzene rings is 2. The molecule has 0 bridgehead atoms. The van der Waals surface area contributed by atoms with E-state index in [9.17, 15) is 18.0 Å². The molecule has 0 aromatic heterocycles. The van der Waals surface area contributed by atoms with Crippen LogP contribution in [0, 0.1) is 0 Å². The third-order valence-electron chi connectivity index (χ3n) is 3.88. The zero-order valence-corrected chi connectivity index (χ0v) is 14.8. The number of amides is 1. The minimum absolute atomic E-state index is 0.00799. The maximum Gasteiger partial charge on any atom is 0.341 e. The Morgan fingerprint density at radius 2 is 1.96 bits per heavy atom. The molecule has 0 aliphatic carbocycles. The summed E-state index contributed by atoms with van der Waals surface area (Å²) in [5, 5.41) is 2.67. The van der Waals surface area contributed by atoms with Crippen LogP contribution in [0.4, 0.5) is 0 Å². The summed E-state index contributed by atoms with van der Waals surface area (Å²) < 4.78 is 35.3. The van der Waals surface area contributed by atoms with Gasteiger partial charge in [0.25, 0.3) is 5.91 Å². The summed E-state index contributed by atoms with van der Waals surface area (Å²) in [6.07, 6.45) is 0.633. The first-order valence-corrected chi connectivity index (χ1v) is 9.45. The van der Waals surface area contributed by atoms with Crippen LogP contribution >= 0.6 is 0 Å². The number of hydrogen-bond acceptors (Lipinski definition) is 6. The van der Waals surface area contributed by atoms with E-state index in [4.69, 9.17) is 8.92 Å². The van der Waals surface area contributed by atoms with Crippen molar-refractivity contribution in [3.63, 3.8) is 0 Å². The van der Waals surface area contributed by atoms with E-state index in [1.54, 1.807) is 25.1 Å². The highest BCUT2D eigenvalue weighted by Gasteiger charge is 2.25. The maximum absolute atomic E-state index is 12.6. The molecule has 1 aliphatic rings. The Morgan fingerprint density at radius 3 is 2.73 bits per heavy atom. The topological polar surface area (TPSA) is 98.8 Å². The summed E-state index contributed by atoms with van der Waals surface area (Å²) in [4.78, 5) is 23.7. The second-order valence-electron chi connectivity index (χ2n) is 5.58. The third-order valence-corrected chi connectivity index (χ3v) is 5.11. The van der Waals surface area contributed by atoms with E-state index in [0.29, 0.717) is 18.5 Å². The van der Waals surface area contributed by atoms with Crippen LogP contribution < -0.4 is 9.50 Å². The van der Waals surface area contributed by atoms with Gasteiger partial charge in [0.1, 0.15) is 10.5 Å². The lowest BCUT2D eigenvalue weighted by molar-refractivity contribution is 0.0524. The summed E-state index contributed by atoms with van der Waals surface area (Å²) in [6.45, 7) is 2.32. The van der Waals surface area contributed by atoms with Gasteiger partial charge in [0.2, 0.25) is 0 Å². The van der Waals surface area contributed by atoms with Gasteiger partial charge in [-0.2, -0.15) is 8.42 Å². The standard InChI is InChI=1S/C18H17NO6S/c1-2-24-18(21)14-5-3-4-6-16(14)25-26(22,23)13-8-7-12-9-10-19-17(20)15(12)11-13/h3-8,11H,2,9-10H2,1H3,(H,19,20). The molecule has 136 valence electrons. The Morgan fingerprint density at radius 1 is 1.19 bits per heavy atom. The fraction of sp³-hybridized carbons (Fsp3) is 0.222. The minimum Gasteiger partial charge on any atom is -0.462 e. The average Bonchev–Trinajstić information content (AvgIpc) is 2.62. The summed E-state index contributed by atoms with van der Waals surface area (Å²) in [5.74, 6) is -1.13. The fourth-order valence-electron chi connectivity index (χ4n) is 2.63. The van der Waals surface area contributed by atoms with Crippen molar-refractivity contribution in [2.24, 2.45) is 0 Å². The number of carbonyl (C=O) groups excluding carboxylic acids is 2. The summed E-state index contributed by atoms with van der Waals surface area (Å²) in [7, 11) is -4.23. The lowest BCUT2D eigenvalue weighted by Gasteiger charge is -2.17. The molecule has 1 N–H and O–H groups in total. The zero-order valence-electron chi connectivity index (χ0n) is 14.0. The number of ether oxygens (including phenoxy) is 1. The summed E-state index contributed by atoms with van der Waals surface area (Å²) in [5.41, 5.74) is 1.09. The molecule has 1 aliphatic heterocycles. The van der Waals surface area contributed by atoms with Crippen molar-refractivity contribution < 1.29 is 26.9 Å². The normalized spacial score (nSPS) is 13.5. The van der Waals surface area contributed by atoms with Crippen LogP contribution in [0.5, 0.6) is 5.75 Å². The molecule has 0 fully saturated rings. The average molecular weight is 375 g/mol. The van der Waals surface area contributed by atoms with Crippen LogP contribution in [0.1, 0.15) is 33.2 Å². The number of para-hydroxylation sites is 1. The van der Waals surface area contributed by atoms with Crippen LogP contribution in [-0.2, 0) is 21.3 Å². The number of carbonyl (C=O) groups is 2. The van der Waals surface area contributed by atoms with Crippen molar-refractivity contribution in [3.8, 4) is 5.75 Å². The van der Waals surface area contributed by atoms with Crippen molar-refractivity contribution in [1.82, 2.24) is 5.32 Å². The molecule has 2 aromatic rings. The second kappa shape index (κ2) is 7.17. The van der Waals surface area contributed by atoms with Gasteiger partial charge in [0.15, 0.2) is 5.75 Å². The molecular weight excluding hydrogens is 358 g/mol. The molecule has 0 saturated heterocycles. The molecule has 0 unspecified atom stereocenters. The van der Waals surface area contributed by atoms with Crippen molar-refractivity contribution in [2.45, 2.75) is 18.2 Å². The number of hydrogen-bond donors (Lipinski definition) is 1. The van der Waals surface area contributed by atoms with Gasteiger partial charge in [-0.05, 0) is 43.2 Å². The SMILES string of the molecule is CCOC(=O)c1ccccc1OS(=O)(=O)c1ccc2c(c1)C(=O)NCC2. The molecule has 0 saturated carbocycles. The van der Waals surface area contributed by atoms with Gasteiger partial charge in [-0.25, -0.2) is 4.79 Å². The van der Waals surface area contributed by atoms with Crippen LogP contribution in [-0.4, -0.2) is 33.4 Å². The van der Waals surface area contributed by atoms with E-state index in [-0.39, 0.29) is 28.7 Å². The Hall–Kier alpha value is -2.87. The highest BCUT2D eigenvalue weighted by Crippen LogP contribution is 2.25. The van der Waals surface area contributed by atoms with E-state index in [0.717, 1.165) is 5.56 Å². The molecular formula is C18H17NO6S. The van der Waals surface area contributed by atoms with Gasteiger partial charge in [-0.1, -0.05) is 18.2 Å². The lowest BCUT2D eigenvalue weighted by atomic mass is 10.0. The van der Waals surface area contributed by atoms with Crippen LogP contribution in [0.25, 0.3) is 0 Å². The first-order valence-electron chi connectivity index (χ1n) is 8.04. The monoisotopic (exact) mass is 375 g/mol. The molecule has 1 amide bonds. The number of fused-ring (bicyclic) bond motifs is 1. The first kappa shape index (κ1) is 17.9. The largest absolute Gasteiger partial charge is 0.462 e. The maximum atomic E-state index is 12.6. The highest BCUT2D eigenvalue weighted by atomic mass is 32.2. The molecule has 26 heavy (non-hydrogen) atoms. The zero-order chi connectivity index (χ0) is 18.7. The van der Waals surface area contributed by atoms with Crippen LogP contribution in [0.2, 0.25) is 0 Å². The molecule has 3 rings (SSSR count). The summed E-state index contributed by atoms with van der Waals surface area (Å²) in [6, 6.07) is 10.2. The minimum atomic E-state index is -4.23. The number of nitrogens with one attached hydrogen (secondary N) is 1. The Labute approximate surface area is 151 Å². The van der Waals surface area contributed by atoms with E-state index < -0.39 is 16.1 Å². The Kier molecular flexibility index (Phi) is 4.94. The van der Waals surface area contributed by atoms with Crippen LogP contribution in [0.3, 0.4) is 0 Å². The fourth-order valence-corrected chi connectivity index (χ4v) is 3.60. The van der Waals surface area contributed by atoms with Crippen molar-refractivity contribution >= 4 is 22.0 Å². The Bertz CT molecular complexity index is 967. The first-order chi connectivity index (χ1) is 12.4. The van der Waals surface area contributed by atoms with Crippen LogP contribution in [0.15, 0.2) is 47.4 Å². The van der Waals surface area contributed by atoms with E-state index in [2.05, 4.69) is 5.32 Å². The van der Waals surface area contributed by atoms with Gasteiger partial charge < -0.3 is 14.2 Å². The molecule has 1 heterocycles. The van der Waals surface area contributed by atoms with Crippen molar-refractivity contribution in [3.05, 3.63) is 59.2 Å². The van der Waals surface area contributed by atoms with Gasteiger partial charge in [0.05, 0.1) is 6.61 Å². The molecule has 2 aromatic carbocycles. The smallest absolute Gasteiger partial charge is 0.341 e. The van der Waals surface area contributed by atoms with E-state index >= 15 is 0 Å². The van der Waals surface area contributed by atoms with Gasteiger partial charge in [0, 0.05) is 12.1 Å². The molecule has 8 heteroatoms. The molecule has 0 spiro atoms. The van der Waals surface area contributed by atoms with Gasteiger partial charge in [-0.3, -0.25) is 4.79 Å². The van der Waals surface area contributed by atoms with E-state index in [1.165, 1.54) is 24.3 Å². The van der Waals surface area contributed by atoms with Crippen molar-refractivity contribution in [1.29, 1.82) is 0 Å². The summed E-state index contributed by atoms with van der Waals surface area (Å²) >= 11 is 0. The Balaban J connectivity index is 1.95. The third kappa shape index (κ3) is 3.55.